The average molecular weight is 315 g/mol. The van der Waals surface area contributed by atoms with E-state index in [2.05, 4.69) is 17.4 Å². The Bertz CT molecular complexity index is 729. The number of fused-ring (bicyclic) bond motifs is 1. The standard InChI is InChI=1S/C19H19F2NO/c1-12(16-9-8-15(20)11-18(16)21)22-19(23)10-14-7-6-13-4-2-3-5-17(13)14/h2-5,8-9,11-12,14H,6-7,10H2,1H3,(H,22,23). The van der Waals surface area contributed by atoms with Crippen LogP contribution >= 0.6 is 0 Å². The lowest BCUT2D eigenvalue weighted by Crippen LogP contribution is -2.28. The van der Waals surface area contributed by atoms with Gasteiger partial charge in [-0.2, -0.15) is 0 Å². The topological polar surface area (TPSA) is 29.1 Å². The Kier molecular flexibility index (Phi) is 4.42. The summed E-state index contributed by atoms with van der Waals surface area (Å²) >= 11 is 0. The SMILES string of the molecule is CC(NC(=O)CC1CCc2ccccc21)c1ccc(F)cc1F. The molecule has 0 radical (unpaired) electrons. The van der Waals surface area contributed by atoms with E-state index in [0.717, 1.165) is 18.9 Å². The van der Waals surface area contributed by atoms with Crippen molar-refractivity contribution in [1.82, 2.24) is 5.32 Å². The molecule has 2 aromatic rings. The summed E-state index contributed by atoms with van der Waals surface area (Å²) in [7, 11) is 0. The van der Waals surface area contributed by atoms with Gasteiger partial charge in [0.25, 0.3) is 0 Å². The van der Waals surface area contributed by atoms with Crippen molar-refractivity contribution in [1.29, 1.82) is 0 Å². The van der Waals surface area contributed by atoms with Gasteiger partial charge in [0.1, 0.15) is 11.6 Å². The van der Waals surface area contributed by atoms with Crippen LogP contribution in [0.3, 0.4) is 0 Å². The molecule has 4 heteroatoms. The molecule has 1 aliphatic carbocycles. The quantitative estimate of drug-likeness (QED) is 0.897. The highest BCUT2D eigenvalue weighted by Crippen LogP contribution is 2.35. The van der Waals surface area contributed by atoms with E-state index in [-0.39, 0.29) is 11.8 Å². The molecule has 1 aliphatic rings. The Morgan fingerprint density at radius 1 is 1.26 bits per heavy atom. The lowest BCUT2D eigenvalue weighted by atomic mass is 9.97. The Labute approximate surface area is 134 Å². The van der Waals surface area contributed by atoms with Gasteiger partial charge in [-0.3, -0.25) is 4.79 Å². The molecule has 1 N–H and O–H groups in total. The van der Waals surface area contributed by atoms with Gasteiger partial charge >= 0.3 is 0 Å². The summed E-state index contributed by atoms with van der Waals surface area (Å²) in [4.78, 5) is 12.3. The maximum Gasteiger partial charge on any atom is 0.221 e. The molecule has 0 aliphatic heterocycles. The van der Waals surface area contributed by atoms with Gasteiger partial charge in [0.05, 0.1) is 6.04 Å². The molecule has 2 aromatic carbocycles. The van der Waals surface area contributed by atoms with Gasteiger partial charge in [0, 0.05) is 18.1 Å². The van der Waals surface area contributed by atoms with Crippen LogP contribution in [0.15, 0.2) is 42.5 Å². The zero-order valence-electron chi connectivity index (χ0n) is 13.0. The van der Waals surface area contributed by atoms with Crippen molar-refractivity contribution < 1.29 is 13.6 Å². The number of rotatable bonds is 4. The molecular weight excluding hydrogens is 296 g/mol. The largest absolute Gasteiger partial charge is 0.349 e. The normalized spacial score (nSPS) is 17.6. The van der Waals surface area contributed by atoms with Crippen molar-refractivity contribution in [2.24, 2.45) is 0 Å². The molecular formula is C19H19F2NO. The smallest absolute Gasteiger partial charge is 0.221 e. The zero-order valence-corrected chi connectivity index (χ0v) is 13.0. The fourth-order valence-electron chi connectivity index (χ4n) is 3.31. The molecule has 0 heterocycles. The summed E-state index contributed by atoms with van der Waals surface area (Å²) in [5.41, 5.74) is 2.85. The van der Waals surface area contributed by atoms with Crippen molar-refractivity contribution in [3.05, 3.63) is 70.8 Å². The summed E-state index contributed by atoms with van der Waals surface area (Å²) in [6.07, 6.45) is 2.35. The number of carbonyl (C=O) groups excluding carboxylic acids is 1. The molecule has 2 unspecified atom stereocenters. The van der Waals surface area contributed by atoms with Crippen LogP contribution in [0.2, 0.25) is 0 Å². The van der Waals surface area contributed by atoms with E-state index in [1.54, 1.807) is 6.92 Å². The number of benzene rings is 2. The van der Waals surface area contributed by atoms with Gasteiger partial charge in [-0.15, -0.1) is 0 Å². The highest BCUT2D eigenvalue weighted by Gasteiger charge is 2.25. The van der Waals surface area contributed by atoms with Crippen LogP contribution in [0.4, 0.5) is 8.78 Å². The van der Waals surface area contributed by atoms with Crippen molar-refractivity contribution in [2.75, 3.05) is 0 Å². The lowest BCUT2D eigenvalue weighted by Gasteiger charge is -2.17. The van der Waals surface area contributed by atoms with Crippen LogP contribution < -0.4 is 5.32 Å². The molecule has 1 amide bonds. The van der Waals surface area contributed by atoms with Crippen LogP contribution in [0, 0.1) is 11.6 Å². The average Bonchev–Trinajstić information content (AvgIpc) is 2.90. The fourth-order valence-corrected chi connectivity index (χ4v) is 3.31. The summed E-state index contributed by atoms with van der Waals surface area (Å²) < 4.78 is 26.7. The highest BCUT2D eigenvalue weighted by atomic mass is 19.1. The molecule has 2 nitrogen and oxygen atoms in total. The molecule has 0 bridgehead atoms. The first kappa shape index (κ1) is 15.7. The Morgan fingerprint density at radius 2 is 2.04 bits per heavy atom. The van der Waals surface area contributed by atoms with E-state index in [1.807, 2.05) is 12.1 Å². The molecule has 0 aromatic heterocycles. The molecule has 2 atom stereocenters. The van der Waals surface area contributed by atoms with Crippen molar-refractivity contribution >= 4 is 5.91 Å². The molecule has 0 fully saturated rings. The zero-order chi connectivity index (χ0) is 16.4. The lowest BCUT2D eigenvalue weighted by molar-refractivity contribution is -0.122. The third-order valence-corrected chi connectivity index (χ3v) is 4.50. The van der Waals surface area contributed by atoms with Gasteiger partial charge in [0.15, 0.2) is 0 Å². The van der Waals surface area contributed by atoms with Gasteiger partial charge in [-0.25, -0.2) is 8.78 Å². The maximum atomic E-state index is 13.8. The minimum Gasteiger partial charge on any atom is -0.349 e. The first-order valence-electron chi connectivity index (χ1n) is 7.86. The summed E-state index contributed by atoms with van der Waals surface area (Å²) in [5, 5.41) is 2.81. The van der Waals surface area contributed by atoms with E-state index in [4.69, 9.17) is 0 Å². The number of nitrogens with one attached hydrogen (secondary N) is 1. The second-order valence-electron chi connectivity index (χ2n) is 6.09. The minimum absolute atomic E-state index is 0.108. The molecule has 0 saturated heterocycles. The molecule has 3 rings (SSSR count). The number of halogens is 2. The number of amides is 1. The van der Waals surface area contributed by atoms with E-state index >= 15 is 0 Å². The maximum absolute atomic E-state index is 13.8. The molecule has 0 saturated carbocycles. The van der Waals surface area contributed by atoms with Crippen molar-refractivity contribution in [3.8, 4) is 0 Å². The van der Waals surface area contributed by atoms with Crippen molar-refractivity contribution in [3.63, 3.8) is 0 Å². The summed E-state index contributed by atoms with van der Waals surface area (Å²) in [6, 6.07) is 11.1. The van der Waals surface area contributed by atoms with Crippen LogP contribution in [0.1, 0.15) is 48.4 Å². The monoisotopic (exact) mass is 315 g/mol. The molecule has 120 valence electrons. The van der Waals surface area contributed by atoms with Gasteiger partial charge < -0.3 is 5.32 Å². The first-order valence-corrected chi connectivity index (χ1v) is 7.86. The Balaban J connectivity index is 1.64. The third-order valence-electron chi connectivity index (χ3n) is 4.50. The van der Waals surface area contributed by atoms with E-state index in [9.17, 15) is 13.6 Å². The predicted molar refractivity (Wildman–Crippen MR) is 85.0 cm³/mol. The van der Waals surface area contributed by atoms with E-state index in [1.165, 1.54) is 23.3 Å². The summed E-state index contributed by atoms with van der Waals surface area (Å²) in [5.74, 6) is -1.14. The second kappa shape index (κ2) is 6.49. The van der Waals surface area contributed by atoms with Gasteiger partial charge in [-0.05, 0) is 42.9 Å². The number of hydrogen-bond donors (Lipinski definition) is 1. The first-order chi connectivity index (χ1) is 11.0. The van der Waals surface area contributed by atoms with Gasteiger partial charge in [0.2, 0.25) is 5.91 Å². The second-order valence-corrected chi connectivity index (χ2v) is 6.09. The van der Waals surface area contributed by atoms with Crippen molar-refractivity contribution in [2.45, 2.75) is 38.1 Å². The molecule has 23 heavy (non-hydrogen) atoms. The molecule has 0 spiro atoms. The van der Waals surface area contributed by atoms with Gasteiger partial charge in [-0.1, -0.05) is 30.3 Å². The van der Waals surface area contributed by atoms with Crippen LogP contribution in [0.25, 0.3) is 0 Å². The van der Waals surface area contributed by atoms with Crippen LogP contribution in [0.5, 0.6) is 0 Å². The Hall–Kier alpha value is -2.23. The van der Waals surface area contributed by atoms with Crippen LogP contribution in [-0.4, -0.2) is 5.91 Å². The summed E-state index contributed by atoms with van der Waals surface area (Å²) in [6.45, 7) is 1.71. The number of carbonyl (C=O) groups is 1. The number of hydrogen-bond acceptors (Lipinski definition) is 1. The van der Waals surface area contributed by atoms with E-state index < -0.39 is 17.7 Å². The van der Waals surface area contributed by atoms with E-state index in [0.29, 0.717) is 12.0 Å². The predicted octanol–water partition coefficient (Wildman–Crippen LogP) is 4.26. The highest BCUT2D eigenvalue weighted by molar-refractivity contribution is 5.77. The third kappa shape index (κ3) is 3.41. The fraction of sp³-hybridized carbons (Fsp3) is 0.316. The number of aryl methyl sites for hydroxylation is 1. The van der Waals surface area contributed by atoms with Crippen LogP contribution in [-0.2, 0) is 11.2 Å². The Morgan fingerprint density at radius 3 is 2.83 bits per heavy atom. The minimum atomic E-state index is -0.635.